The number of fused-ring (bicyclic) bond motifs is 3. The number of hydrogen-bond donors (Lipinski definition) is 0. The van der Waals surface area contributed by atoms with Crippen LogP contribution in [0.2, 0.25) is 0 Å². The second kappa shape index (κ2) is 9.51. The maximum atomic E-state index is 13.2. The van der Waals surface area contributed by atoms with E-state index >= 15 is 0 Å². The minimum atomic E-state index is 0.0864. The van der Waals surface area contributed by atoms with Crippen molar-refractivity contribution in [3.05, 3.63) is 51.7 Å². The molecule has 2 aromatic heterocycles. The molecule has 35 heavy (non-hydrogen) atoms. The summed E-state index contributed by atoms with van der Waals surface area (Å²) in [7, 11) is 0. The SMILES string of the molecule is CCc1nc(N2CCN(C(=O)c3ccc(C(C)(C)C)cc3)CC2)c2c3c(sc2n1)CN(CC)CC3. The highest BCUT2D eigenvalue weighted by Gasteiger charge is 2.29. The van der Waals surface area contributed by atoms with E-state index in [0.717, 1.165) is 67.6 Å². The Hall–Kier alpha value is -2.51. The lowest BCUT2D eigenvalue weighted by atomic mass is 9.86. The van der Waals surface area contributed by atoms with E-state index in [1.807, 2.05) is 28.4 Å². The molecule has 4 heterocycles. The number of benzene rings is 1. The summed E-state index contributed by atoms with van der Waals surface area (Å²) in [5.74, 6) is 2.12. The molecule has 2 aliphatic heterocycles. The predicted molar refractivity (Wildman–Crippen MR) is 145 cm³/mol. The van der Waals surface area contributed by atoms with E-state index < -0.39 is 0 Å². The van der Waals surface area contributed by atoms with Crippen LogP contribution in [0.25, 0.3) is 10.2 Å². The lowest BCUT2D eigenvalue weighted by Crippen LogP contribution is -2.49. The largest absolute Gasteiger partial charge is 0.352 e. The fraction of sp³-hybridized carbons (Fsp3) is 0.536. The summed E-state index contributed by atoms with van der Waals surface area (Å²) in [5, 5.41) is 1.26. The number of rotatable bonds is 4. The van der Waals surface area contributed by atoms with Gasteiger partial charge in [-0.05, 0) is 41.6 Å². The molecule has 0 bridgehead atoms. The van der Waals surface area contributed by atoms with Crippen molar-refractivity contribution in [2.45, 2.75) is 59.4 Å². The maximum Gasteiger partial charge on any atom is 0.253 e. The van der Waals surface area contributed by atoms with Crippen molar-refractivity contribution in [3.8, 4) is 0 Å². The zero-order valence-electron chi connectivity index (χ0n) is 21.7. The number of likely N-dealkylation sites (N-methyl/N-ethyl adjacent to an activating group) is 1. The van der Waals surface area contributed by atoms with Crippen LogP contribution >= 0.6 is 11.3 Å². The van der Waals surface area contributed by atoms with Gasteiger partial charge in [0.2, 0.25) is 0 Å². The third-order valence-electron chi connectivity index (χ3n) is 7.43. The van der Waals surface area contributed by atoms with Crippen LogP contribution < -0.4 is 4.90 Å². The quantitative estimate of drug-likeness (QED) is 0.520. The van der Waals surface area contributed by atoms with Crippen molar-refractivity contribution < 1.29 is 4.79 Å². The highest BCUT2D eigenvalue weighted by atomic mass is 32.1. The molecule has 7 heteroatoms. The van der Waals surface area contributed by atoms with E-state index in [4.69, 9.17) is 9.97 Å². The Morgan fingerprint density at radius 2 is 1.71 bits per heavy atom. The standard InChI is InChI=1S/C28H37N5OS/c1-6-23-29-25(24-21-12-13-31(7-2)18-22(21)35-26(24)30-23)32-14-16-33(17-15-32)27(34)19-8-10-20(11-9-19)28(3,4)5/h8-11H,6-7,12-18H2,1-5H3. The summed E-state index contributed by atoms with van der Waals surface area (Å²) < 4.78 is 0. The van der Waals surface area contributed by atoms with Gasteiger partial charge in [0.05, 0.1) is 5.39 Å². The summed E-state index contributed by atoms with van der Waals surface area (Å²) in [4.78, 5) is 32.6. The third kappa shape index (κ3) is 4.68. The van der Waals surface area contributed by atoms with E-state index in [1.165, 1.54) is 21.4 Å². The molecule has 1 saturated heterocycles. The Bertz CT molecular complexity index is 1220. The van der Waals surface area contributed by atoms with Crippen molar-refractivity contribution in [1.82, 2.24) is 19.8 Å². The van der Waals surface area contributed by atoms with E-state index in [9.17, 15) is 4.79 Å². The van der Waals surface area contributed by atoms with Crippen LogP contribution in [0.1, 0.15) is 66.8 Å². The van der Waals surface area contributed by atoms with Gasteiger partial charge >= 0.3 is 0 Å². The number of aromatic nitrogens is 2. The average Bonchev–Trinajstić information content (AvgIpc) is 3.24. The summed E-state index contributed by atoms with van der Waals surface area (Å²) >= 11 is 1.85. The molecule has 5 rings (SSSR count). The molecular weight excluding hydrogens is 454 g/mol. The smallest absolute Gasteiger partial charge is 0.253 e. The lowest BCUT2D eigenvalue weighted by molar-refractivity contribution is 0.0746. The highest BCUT2D eigenvalue weighted by Crippen LogP contribution is 2.39. The van der Waals surface area contributed by atoms with Crippen LogP contribution in [-0.2, 0) is 24.8 Å². The van der Waals surface area contributed by atoms with Crippen molar-refractivity contribution in [3.63, 3.8) is 0 Å². The molecule has 186 valence electrons. The Balaban J connectivity index is 1.36. The first-order valence-electron chi connectivity index (χ1n) is 13.0. The summed E-state index contributed by atoms with van der Waals surface area (Å²) in [6.45, 7) is 17.2. The topological polar surface area (TPSA) is 52.6 Å². The molecule has 0 spiro atoms. The first-order chi connectivity index (χ1) is 16.8. The molecular formula is C28H37N5OS. The number of amides is 1. The number of hydrogen-bond acceptors (Lipinski definition) is 6. The summed E-state index contributed by atoms with van der Waals surface area (Å²) in [6.07, 6.45) is 1.89. The second-order valence-corrected chi connectivity index (χ2v) is 11.8. The molecule has 1 amide bonds. The van der Waals surface area contributed by atoms with Crippen LogP contribution in [0.4, 0.5) is 5.82 Å². The number of nitrogens with zero attached hydrogens (tertiary/aromatic N) is 5. The minimum absolute atomic E-state index is 0.0864. The molecule has 0 saturated carbocycles. The molecule has 3 aromatic rings. The average molecular weight is 492 g/mol. The van der Waals surface area contributed by atoms with E-state index in [0.29, 0.717) is 13.1 Å². The third-order valence-corrected chi connectivity index (χ3v) is 8.54. The van der Waals surface area contributed by atoms with Crippen LogP contribution in [0.15, 0.2) is 24.3 Å². The van der Waals surface area contributed by atoms with Gasteiger partial charge in [0.1, 0.15) is 16.5 Å². The zero-order chi connectivity index (χ0) is 24.7. The first-order valence-corrected chi connectivity index (χ1v) is 13.8. The Morgan fingerprint density at radius 1 is 1.00 bits per heavy atom. The fourth-order valence-electron chi connectivity index (χ4n) is 5.15. The molecule has 0 N–H and O–H groups in total. The molecule has 6 nitrogen and oxygen atoms in total. The molecule has 1 aromatic carbocycles. The lowest BCUT2D eigenvalue weighted by Gasteiger charge is -2.36. The number of aryl methyl sites for hydroxylation is 1. The van der Waals surface area contributed by atoms with Gasteiger partial charge in [-0.25, -0.2) is 9.97 Å². The van der Waals surface area contributed by atoms with Crippen molar-refractivity contribution in [2.24, 2.45) is 0 Å². The first kappa shape index (κ1) is 24.2. The molecule has 1 fully saturated rings. The number of anilines is 1. The second-order valence-electron chi connectivity index (χ2n) is 10.7. The van der Waals surface area contributed by atoms with Gasteiger partial charge in [0.15, 0.2) is 0 Å². The molecule has 0 radical (unpaired) electrons. The van der Waals surface area contributed by atoms with Crippen molar-refractivity contribution >= 4 is 33.3 Å². The number of thiophene rings is 1. The van der Waals surface area contributed by atoms with Gasteiger partial charge < -0.3 is 9.80 Å². The van der Waals surface area contributed by atoms with Crippen LogP contribution in [0, 0.1) is 0 Å². The van der Waals surface area contributed by atoms with Gasteiger partial charge in [-0.3, -0.25) is 9.69 Å². The zero-order valence-corrected chi connectivity index (χ0v) is 22.5. The molecule has 0 atom stereocenters. The van der Waals surface area contributed by atoms with E-state index in [1.54, 1.807) is 0 Å². The normalized spacial score (nSPS) is 17.2. The fourth-order valence-corrected chi connectivity index (χ4v) is 6.42. The van der Waals surface area contributed by atoms with E-state index in [-0.39, 0.29) is 11.3 Å². The van der Waals surface area contributed by atoms with Gasteiger partial charge in [-0.1, -0.05) is 46.8 Å². The van der Waals surface area contributed by atoms with Gasteiger partial charge in [-0.2, -0.15) is 0 Å². The predicted octanol–water partition coefficient (Wildman–Crippen LogP) is 4.89. The van der Waals surface area contributed by atoms with Crippen LogP contribution in [0.5, 0.6) is 0 Å². The monoisotopic (exact) mass is 491 g/mol. The molecule has 0 aliphatic carbocycles. The number of carbonyl (C=O) groups excluding carboxylic acids is 1. The summed E-state index contributed by atoms with van der Waals surface area (Å²) in [5.41, 5.74) is 3.56. The minimum Gasteiger partial charge on any atom is -0.352 e. The summed E-state index contributed by atoms with van der Waals surface area (Å²) in [6, 6.07) is 8.14. The van der Waals surface area contributed by atoms with Gasteiger partial charge in [-0.15, -0.1) is 11.3 Å². The Labute approximate surface area is 213 Å². The van der Waals surface area contributed by atoms with Crippen molar-refractivity contribution in [1.29, 1.82) is 0 Å². The van der Waals surface area contributed by atoms with Gasteiger partial charge in [0, 0.05) is 56.1 Å². The number of piperazine rings is 1. The maximum absolute atomic E-state index is 13.2. The van der Waals surface area contributed by atoms with Crippen LogP contribution in [0.3, 0.4) is 0 Å². The van der Waals surface area contributed by atoms with E-state index in [2.05, 4.69) is 56.6 Å². The Morgan fingerprint density at radius 3 is 2.34 bits per heavy atom. The van der Waals surface area contributed by atoms with Crippen LogP contribution in [-0.4, -0.2) is 64.9 Å². The van der Waals surface area contributed by atoms with Crippen molar-refractivity contribution in [2.75, 3.05) is 44.2 Å². The highest BCUT2D eigenvalue weighted by molar-refractivity contribution is 7.19. The Kier molecular flexibility index (Phi) is 6.57. The van der Waals surface area contributed by atoms with Gasteiger partial charge in [0.25, 0.3) is 5.91 Å². The molecule has 2 aliphatic rings. The molecule has 0 unspecified atom stereocenters. The number of carbonyl (C=O) groups is 1.